The number of amides is 1. The maximum Gasteiger partial charge on any atom is 0.416 e. The number of benzene rings is 1. The summed E-state index contributed by atoms with van der Waals surface area (Å²) >= 11 is 1.12. The lowest BCUT2D eigenvalue weighted by Crippen LogP contribution is -2.35. The molecule has 0 unspecified atom stereocenters. The zero-order chi connectivity index (χ0) is 22.3. The van der Waals surface area contributed by atoms with Gasteiger partial charge in [0.2, 0.25) is 4.80 Å². The number of hydrogen-bond donors (Lipinski definition) is 2. The molecule has 0 spiro atoms. The van der Waals surface area contributed by atoms with Crippen LogP contribution < -0.4 is 10.1 Å². The number of rotatable bonds is 3. The standard InChI is InChI=1S/C19H22F4N4O2S/c1-18(2,3)16-26-27(9-11-5-7-14(28)24-11)17(30-16)25-15(29)12-8-10(19(21,22)23)4-6-13(12)20/h4,6,8,11,14,24,28H,5,7,9H2,1-3H3/t11-,14-/m0/s1. The number of aliphatic hydroxyl groups excluding tert-OH is 1. The molecule has 2 atom stereocenters. The fourth-order valence-electron chi connectivity index (χ4n) is 2.98. The summed E-state index contributed by atoms with van der Waals surface area (Å²) in [5, 5.41) is 17.8. The zero-order valence-electron chi connectivity index (χ0n) is 16.6. The molecule has 2 aromatic rings. The van der Waals surface area contributed by atoms with Crippen LogP contribution in [0.5, 0.6) is 0 Å². The van der Waals surface area contributed by atoms with E-state index >= 15 is 0 Å². The summed E-state index contributed by atoms with van der Waals surface area (Å²) in [4.78, 5) is 16.6. The van der Waals surface area contributed by atoms with Gasteiger partial charge in [0.05, 0.1) is 17.7 Å². The van der Waals surface area contributed by atoms with Crippen LogP contribution in [0.15, 0.2) is 23.2 Å². The molecule has 1 fully saturated rings. The van der Waals surface area contributed by atoms with Crippen LogP contribution in [0.4, 0.5) is 17.6 Å². The monoisotopic (exact) mass is 446 g/mol. The SMILES string of the molecule is CC(C)(C)c1nn(C[C@@H]2CC[C@H](O)N2)c(=NC(=O)c2cc(C(F)(F)F)ccc2F)s1. The van der Waals surface area contributed by atoms with Crippen molar-refractivity contribution < 1.29 is 27.5 Å². The van der Waals surface area contributed by atoms with Crippen molar-refractivity contribution >= 4 is 17.2 Å². The lowest BCUT2D eigenvalue weighted by molar-refractivity contribution is -0.137. The van der Waals surface area contributed by atoms with Gasteiger partial charge in [-0.1, -0.05) is 32.1 Å². The van der Waals surface area contributed by atoms with E-state index in [2.05, 4.69) is 15.4 Å². The van der Waals surface area contributed by atoms with E-state index in [1.165, 1.54) is 4.68 Å². The highest BCUT2D eigenvalue weighted by Crippen LogP contribution is 2.30. The predicted molar refractivity (Wildman–Crippen MR) is 102 cm³/mol. The van der Waals surface area contributed by atoms with Crippen LogP contribution in [0, 0.1) is 5.82 Å². The van der Waals surface area contributed by atoms with Crippen molar-refractivity contribution in [1.82, 2.24) is 15.1 Å². The molecule has 2 heterocycles. The van der Waals surface area contributed by atoms with E-state index in [4.69, 9.17) is 0 Å². The average molecular weight is 446 g/mol. The third-order valence-electron chi connectivity index (χ3n) is 4.59. The molecule has 164 valence electrons. The first kappa shape index (κ1) is 22.6. The molecule has 0 radical (unpaired) electrons. The number of carbonyl (C=O) groups is 1. The van der Waals surface area contributed by atoms with Gasteiger partial charge in [0, 0.05) is 11.5 Å². The normalized spacial score (nSPS) is 20.7. The van der Waals surface area contributed by atoms with Crippen molar-refractivity contribution in [3.8, 4) is 0 Å². The van der Waals surface area contributed by atoms with Crippen molar-refractivity contribution in [2.45, 2.75) is 64.0 Å². The Morgan fingerprint density at radius 2 is 2.03 bits per heavy atom. The predicted octanol–water partition coefficient (Wildman–Crippen LogP) is 3.21. The second-order valence-corrected chi connectivity index (χ2v) is 9.14. The van der Waals surface area contributed by atoms with Gasteiger partial charge in [-0.15, -0.1) is 0 Å². The smallest absolute Gasteiger partial charge is 0.379 e. The Morgan fingerprint density at radius 1 is 1.33 bits per heavy atom. The number of nitrogens with one attached hydrogen (secondary N) is 1. The topological polar surface area (TPSA) is 79.5 Å². The van der Waals surface area contributed by atoms with Crippen LogP contribution >= 0.6 is 11.3 Å². The molecule has 1 aliphatic heterocycles. The lowest BCUT2D eigenvalue weighted by Gasteiger charge is -2.14. The fraction of sp³-hybridized carbons (Fsp3) is 0.526. The summed E-state index contributed by atoms with van der Waals surface area (Å²) in [6, 6.07) is 1.55. The van der Waals surface area contributed by atoms with E-state index in [-0.39, 0.29) is 16.3 Å². The summed E-state index contributed by atoms with van der Waals surface area (Å²) in [5.74, 6) is -2.19. The highest BCUT2D eigenvalue weighted by atomic mass is 32.1. The van der Waals surface area contributed by atoms with Gasteiger partial charge >= 0.3 is 6.18 Å². The van der Waals surface area contributed by atoms with Gasteiger partial charge in [0.1, 0.15) is 17.1 Å². The largest absolute Gasteiger partial charge is 0.416 e. The molecule has 3 rings (SSSR count). The highest BCUT2D eigenvalue weighted by molar-refractivity contribution is 7.09. The Balaban J connectivity index is 2.01. The minimum Gasteiger partial charge on any atom is -0.379 e. The van der Waals surface area contributed by atoms with E-state index in [1.54, 1.807) is 0 Å². The molecular weight excluding hydrogens is 424 g/mol. The second-order valence-electron chi connectivity index (χ2n) is 8.19. The summed E-state index contributed by atoms with van der Waals surface area (Å²) in [6.45, 7) is 6.07. The zero-order valence-corrected chi connectivity index (χ0v) is 17.4. The average Bonchev–Trinajstić information content (AvgIpc) is 3.20. The molecule has 30 heavy (non-hydrogen) atoms. The van der Waals surface area contributed by atoms with E-state index < -0.39 is 35.3 Å². The van der Waals surface area contributed by atoms with Gasteiger partial charge in [-0.05, 0) is 31.0 Å². The summed E-state index contributed by atoms with van der Waals surface area (Å²) in [7, 11) is 0. The first-order valence-corrected chi connectivity index (χ1v) is 10.1. The van der Waals surface area contributed by atoms with Crippen molar-refractivity contribution in [3.05, 3.63) is 45.0 Å². The number of hydrogen-bond acceptors (Lipinski definition) is 5. The molecular formula is C19H22F4N4O2S. The molecule has 0 aliphatic carbocycles. The minimum absolute atomic E-state index is 0.103. The number of alkyl halides is 3. The first-order valence-electron chi connectivity index (χ1n) is 9.33. The summed E-state index contributed by atoms with van der Waals surface area (Å²) in [5.41, 5.74) is -2.23. The molecule has 1 aliphatic rings. The van der Waals surface area contributed by atoms with Gasteiger partial charge in [-0.2, -0.15) is 23.3 Å². The summed E-state index contributed by atoms with van der Waals surface area (Å²) in [6.07, 6.45) is -4.08. The molecule has 1 aromatic carbocycles. The maximum atomic E-state index is 14.1. The first-order chi connectivity index (χ1) is 13.8. The molecule has 1 amide bonds. The van der Waals surface area contributed by atoms with Gasteiger partial charge in [-0.3, -0.25) is 10.1 Å². The van der Waals surface area contributed by atoms with E-state index in [0.29, 0.717) is 42.6 Å². The summed E-state index contributed by atoms with van der Waals surface area (Å²) < 4.78 is 54.4. The Bertz CT molecular complexity index is 1010. The molecule has 0 bridgehead atoms. The van der Waals surface area contributed by atoms with Crippen LogP contribution in [-0.2, 0) is 18.1 Å². The molecule has 6 nitrogen and oxygen atoms in total. The second kappa shape index (κ2) is 8.20. The molecule has 1 saturated heterocycles. The van der Waals surface area contributed by atoms with E-state index in [1.807, 2.05) is 20.8 Å². The minimum atomic E-state index is -4.71. The van der Waals surface area contributed by atoms with Crippen LogP contribution in [0.1, 0.15) is 54.5 Å². The van der Waals surface area contributed by atoms with Gasteiger partial charge in [0.15, 0.2) is 0 Å². The van der Waals surface area contributed by atoms with Gasteiger partial charge in [-0.25, -0.2) is 9.07 Å². The molecule has 0 saturated carbocycles. The van der Waals surface area contributed by atoms with Gasteiger partial charge < -0.3 is 5.11 Å². The van der Waals surface area contributed by atoms with E-state index in [0.717, 1.165) is 11.3 Å². The number of nitrogens with zero attached hydrogens (tertiary/aromatic N) is 3. The molecule has 1 aromatic heterocycles. The van der Waals surface area contributed by atoms with Crippen LogP contribution in [0.3, 0.4) is 0 Å². The Hall–Kier alpha value is -2.11. The van der Waals surface area contributed by atoms with Crippen LogP contribution in [0.2, 0.25) is 0 Å². The Morgan fingerprint density at radius 3 is 2.60 bits per heavy atom. The number of halogens is 4. The quantitative estimate of drug-likeness (QED) is 0.710. The fourth-order valence-corrected chi connectivity index (χ4v) is 3.95. The Labute approximate surface area is 174 Å². The Kier molecular flexibility index (Phi) is 6.17. The van der Waals surface area contributed by atoms with Crippen molar-refractivity contribution in [3.63, 3.8) is 0 Å². The number of aromatic nitrogens is 2. The third kappa shape index (κ3) is 5.13. The highest BCUT2D eigenvalue weighted by Gasteiger charge is 2.32. The van der Waals surface area contributed by atoms with Crippen molar-refractivity contribution in [1.29, 1.82) is 0 Å². The van der Waals surface area contributed by atoms with Crippen LogP contribution in [-0.4, -0.2) is 33.1 Å². The van der Waals surface area contributed by atoms with E-state index in [9.17, 15) is 27.5 Å². The number of carbonyl (C=O) groups excluding carboxylic acids is 1. The van der Waals surface area contributed by atoms with Gasteiger partial charge in [0.25, 0.3) is 5.91 Å². The van der Waals surface area contributed by atoms with Crippen molar-refractivity contribution in [2.24, 2.45) is 4.99 Å². The third-order valence-corrected chi connectivity index (χ3v) is 5.97. The van der Waals surface area contributed by atoms with Crippen LogP contribution in [0.25, 0.3) is 0 Å². The maximum absolute atomic E-state index is 14.1. The molecule has 2 N–H and O–H groups in total. The van der Waals surface area contributed by atoms with Crippen molar-refractivity contribution in [2.75, 3.05) is 0 Å². The molecule has 11 heteroatoms. The lowest BCUT2D eigenvalue weighted by atomic mass is 9.98. The number of aliphatic hydroxyl groups is 1.